The Balaban J connectivity index is 1.49. The molecule has 0 aromatic carbocycles. The van der Waals surface area contributed by atoms with Crippen molar-refractivity contribution in [1.29, 1.82) is 0 Å². The van der Waals surface area contributed by atoms with Gasteiger partial charge in [0.2, 0.25) is 5.91 Å². The number of pyridine rings is 1. The van der Waals surface area contributed by atoms with E-state index < -0.39 is 0 Å². The lowest BCUT2D eigenvalue weighted by molar-refractivity contribution is -0.128. The average Bonchev–Trinajstić information content (AvgIpc) is 3.41. The minimum atomic E-state index is -0.137. The largest absolute Gasteiger partial charge is 0.347 e. The maximum atomic E-state index is 12.8. The molecule has 1 aliphatic heterocycles. The number of carbonyl (C=O) groups excluding carboxylic acids is 2. The van der Waals surface area contributed by atoms with Crippen LogP contribution in [0.3, 0.4) is 0 Å². The van der Waals surface area contributed by atoms with Crippen molar-refractivity contribution < 1.29 is 9.59 Å². The maximum Gasteiger partial charge on any atom is 0.269 e. The molecule has 2 amide bonds. The fraction of sp³-hybridized carbons (Fsp3) is 0.478. The first-order valence-electron chi connectivity index (χ1n) is 10.7. The van der Waals surface area contributed by atoms with E-state index in [0.29, 0.717) is 25.3 Å². The van der Waals surface area contributed by atoms with Gasteiger partial charge in [-0.2, -0.15) is 5.10 Å². The van der Waals surface area contributed by atoms with Crippen LogP contribution in [0.4, 0.5) is 0 Å². The molecule has 3 heterocycles. The Kier molecular flexibility index (Phi) is 5.70. The second kappa shape index (κ2) is 8.42. The van der Waals surface area contributed by atoms with Gasteiger partial charge >= 0.3 is 0 Å². The molecule has 0 saturated carbocycles. The molecular weight excluding hydrogens is 378 g/mol. The van der Waals surface area contributed by atoms with E-state index in [4.69, 9.17) is 0 Å². The third-order valence-corrected chi connectivity index (χ3v) is 6.15. The van der Waals surface area contributed by atoms with E-state index in [-0.39, 0.29) is 11.8 Å². The molecule has 0 fully saturated rings. The van der Waals surface area contributed by atoms with Crippen LogP contribution in [0.1, 0.15) is 64.8 Å². The predicted molar refractivity (Wildman–Crippen MR) is 114 cm³/mol. The molecule has 2 aromatic heterocycles. The number of amides is 2. The molecule has 0 saturated heterocycles. The van der Waals surface area contributed by atoms with Gasteiger partial charge < -0.3 is 10.2 Å². The highest BCUT2D eigenvalue weighted by molar-refractivity contribution is 5.94. The molecule has 0 radical (unpaired) electrons. The Morgan fingerprint density at radius 1 is 1.27 bits per heavy atom. The third-order valence-electron chi connectivity index (χ3n) is 6.15. The normalized spacial score (nSPS) is 15.7. The highest BCUT2D eigenvalue weighted by atomic mass is 16.2. The van der Waals surface area contributed by atoms with Crippen LogP contribution in [0, 0.1) is 6.92 Å². The van der Waals surface area contributed by atoms with Gasteiger partial charge in [-0.05, 0) is 61.8 Å². The zero-order chi connectivity index (χ0) is 21.3. The van der Waals surface area contributed by atoms with Crippen LogP contribution in [0.25, 0.3) is 0 Å². The summed E-state index contributed by atoms with van der Waals surface area (Å²) in [7, 11) is 1.79. The maximum absolute atomic E-state index is 12.8. The molecule has 158 valence electrons. The number of hydrogen-bond donors (Lipinski definition) is 1. The summed E-state index contributed by atoms with van der Waals surface area (Å²) in [5.41, 5.74) is 6.69. The van der Waals surface area contributed by atoms with Crippen molar-refractivity contribution >= 4 is 11.8 Å². The summed E-state index contributed by atoms with van der Waals surface area (Å²) >= 11 is 0. The highest BCUT2D eigenvalue weighted by Crippen LogP contribution is 2.27. The summed E-state index contributed by atoms with van der Waals surface area (Å²) < 4.78 is 1.63. The number of carbonyl (C=O) groups is 2. The second-order valence-corrected chi connectivity index (χ2v) is 8.11. The summed E-state index contributed by atoms with van der Waals surface area (Å²) in [6.07, 6.45) is 8.51. The first-order chi connectivity index (χ1) is 14.5. The predicted octanol–water partition coefficient (Wildman–Crippen LogP) is 2.61. The summed E-state index contributed by atoms with van der Waals surface area (Å²) in [4.78, 5) is 31.9. The van der Waals surface area contributed by atoms with E-state index in [2.05, 4.69) is 21.5 Å². The van der Waals surface area contributed by atoms with Crippen LogP contribution < -0.4 is 5.32 Å². The number of rotatable bonds is 5. The Bertz CT molecular complexity index is 1020. The van der Waals surface area contributed by atoms with E-state index >= 15 is 0 Å². The second-order valence-electron chi connectivity index (χ2n) is 8.11. The Hall–Kier alpha value is -2.96. The lowest BCUT2D eigenvalue weighted by Crippen LogP contribution is -2.37. The molecule has 1 N–H and O–H groups in total. The van der Waals surface area contributed by atoms with Crippen LogP contribution in [0.5, 0.6) is 0 Å². The van der Waals surface area contributed by atoms with Crippen molar-refractivity contribution in [2.24, 2.45) is 7.05 Å². The summed E-state index contributed by atoms with van der Waals surface area (Å²) in [6.45, 7) is 5.71. The van der Waals surface area contributed by atoms with E-state index in [1.165, 1.54) is 5.56 Å². The van der Waals surface area contributed by atoms with Crippen LogP contribution >= 0.6 is 0 Å². The van der Waals surface area contributed by atoms with Crippen molar-refractivity contribution in [3.63, 3.8) is 0 Å². The molecule has 7 nitrogen and oxygen atoms in total. The monoisotopic (exact) mass is 407 g/mol. The van der Waals surface area contributed by atoms with E-state index in [1.807, 2.05) is 31.0 Å². The summed E-state index contributed by atoms with van der Waals surface area (Å²) in [5, 5.41) is 7.39. The Labute approximate surface area is 177 Å². The number of hydrogen-bond acceptors (Lipinski definition) is 4. The molecule has 0 spiro atoms. The van der Waals surface area contributed by atoms with Gasteiger partial charge in [0.1, 0.15) is 5.69 Å². The molecule has 2 aliphatic rings. The van der Waals surface area contributed by atoms with Gasteiger partial charge in [0.05, 0.1) is 5.69 Å². The van der Waals surface area contributed by atoms with Gasteiger partial charge in [0, 0.05) is 44.1 Å². The smallest absolute Gasteiger partial charge is 0.269 e. The van der Waals surface area contributed by atoms with Crippen molar-refractivity contribution in [2.75, 3.05) is 6.54 Å². The zero-order valence-corrected chi connectivity index (χ0v) is 18.0. The van der Waals surface area contributed by atoms with Crippen LogP contribution in [-0.4, -0.2) is 38.0 Å². The third kappa shape index (κ3) is 3.88. The number of aromatic nitrogens is 3. The van der Waals surface area contributed by atoms with Gasteiger partial charge in [-0.1, -0.05) is 13.0 Å². The van der Waals surface area contributed by atoms with Crippen molar-refractivity contribution in [3.05, 3.63) is 57.7 Å². The molecule has 0 atom stereocenters. The molecular formula is C23H29N5O2. The number of allylic oxidation sites excluding steroid dienone is 1. The van der Waals surface area contributed by atoms with Gasteiger partial charge in [0.25, 0.3) is 5.91 Å². The van der Waals surface area contributed by atoms with Crippen molar-refractivity contribution in [1.82, 2.24) is 25.0 Å². The fourth-order valence-corrected chi connectivity index (χ4v) is 4.37. The molecule has 2 aromatic rings. The molecule has 30 heavy (non-hydrogen) atoms. The first kappa shape index (κ1) is 20.3. The standard InChI is InChI=1S/C23H29N5O2/c1-4-18-11-21(27(3)26-18)22(29)25-13-20-15(2)24-12-17-14-28(10-9-19(17)20)23(30)16-7-5-6-8-16/h7,11-12H,4-6,8-10,13-14H2,1-3H3,(H,25,29). The lowest BCUT2D eigenvalue weighted by Gasteiger charge is -2.31. The summed E-state index contributed by atoms with van der Waals surface area (Å²) in [6, 6.07) is 1.84. The molecule has 0 unspecified atom stereocenters. The number of nitrogens with zero attached hydrogens (tertiary/aromatic N) is 4. The van der Waals surface area contributed by atoms with Gasteiger partial charge in [0.15, 0.2) is 0 Å². The van der Waals surface area contributed by atoms with Crippen molar-refractivity contribution in [2.45, 2.75) is 59.0 Å². The van der Waals surface area contributed by atoms with Crippen LogP contribution in [0.2, 0.25) is 0 Å². The van der Waals surface area contributed by atoms with E-state index in [1.54, 1.807) is 11.7 Å². The first-order valence-corrected chi connectivity index (χ1v) is 10.7. The van der Waals surface area contributed by atoms with E-state index in [9.17, 15) is 9.59 Å². The molecule has 4 rings (SSSR count). The highest BCUT2D eigenvalue weighted by Gasteiger charge is 2.26. The minimum absolute atomic E-state index is 0.137. The van der Waals surface area contributed by atoms with Gasteiger partial charge in [-0.3, -0.25) is 19.3 Å². The quantitative estimate of drug-likeness (QED) is 0.826. The number of nitrogens with one attached hydrogen (secondary N) is 1. The lowest BCUT2D eigenvalue weighted by atomic mass is 9.94. The topological polar surface area (TPSA) is 80.1 Å². The van der Waals surface area contributed by atoms with E-state index in [0.717, 1.165) is 60.2 Å². The average molecular weight is 408 g/mol. The number of aryl methyl sites for hydroxylation is 3. The molecule has 7 heteroatoms. The zero-order valence-electron chi connectivity index (χ0n) is 18.0. The van der Waals surface area contributed by atoms with Crippen LogP contribution in [-0.2, 0) is 37.8 Å². The molecule has 0 bridgehead atoms. The fourth-order valence-electron chi connectivity index (χ4n) is 4.37. The number of fused-ring (bicyclic) bond motifs is 1. The molecule has 1 aliphatic carbocycles. The van der Waals surface area contributed by atoms with Gasteiger partial charge in [-0.15, -0.1) is 0 Å². The Morgan fingerprint density at radius 2 is 2.10 bits per heavy atom. The van der Waals surface area contributed by atoms with Crippen LogP contribution in [0.15, 0.2) is 23.9 Å². The Morgan fingerprint density at radius 3 is 2.80 bits per heavy atom. The SMILES string of the molecule is CCc1cc(C(=O)NCc2c(C)ncc3c2CCN(C(=O)C2=CCCC2)C3)n(C)n1. The minimum Gasteiger partial charge on any atom is -0.347 e. The van der Waals surface area contributed by atoms with Gasteiger partial charge in [-0.25, -0.2) is 0 Å². The van der Waals surface area contributed by atoms with Crippen molar-refractivity contribution in [3.8, 4) is 0 Å². The summed E-state index contributed by atoms with van der Waals surface area (Å²) in [5.74, 6) is 0.0269.